The van der Waals surface area contributed by atoms with Crippen molar-refractivity contribution in [3.8, 4) is 5.75 Å². The fourth-order valence-corrected chi connectivity index (χ4v) is 3.86. The molecule has 1 aromatic heterocycles. The lowest BCUT2D eigenvalue weighted by molar-refractivity contribution is -0.118. The molecule has 0 spiro atoms. The molecule has 0 saturated carbocycles. The third-order valence-corrected chi connectivity index (χ3v) is 5.55. The van der Waals surface area contributed by atoms with Crippen molar-refractivity contribution in [2.45, 2.75) is 18.7 Å². The summed E-state index contributed by atoms with van der Waals surface area (Å²) < 4.78 is 30.5. The van der Waals surface area contributed by atoms with E-state index in [1.54, 1.807) is 44.2 Å². The Labute approximate surface area is 149 Å². The van der Waals surface area contributed by atoms with Crippen molar-refractivity contribution in [3.63, 3.8) is 0 Å². The highest BCUT2D eigenvalue weighted by Crippen LogP contribution is 2.30. The van der Waals surface area contributed by atoms with Crippen LogP contribution in [0.4, 0.5) is 5.13 Å². The number of hydrogen-bond acceptors (Lipinski definition) is 6. The molecule has 1 amide bonds. The van der Waals surface area contributed by atoms with Crippen LogP contribution < -0.4 is 9.50 Å². The molecular formula is C17H16N2O4S2. The second-order valence-electron chi connectivity index (χ2n) is 5.64. The maximum absolute atomic E-state index is 12.3. The van der Waals surface area contributed by atoms with Crippen molar-refractivity contribution in [2.24, 2.45) is 5.92 Å². The first-order chi connectivity index (χ1) is 11.8. The summed E-state index contributed by atoms with van der Waals surface area (Å²) in [5.41, 5.74) is 0.661. The Morgan fingerprint density at radius 2 is 1.88 bits per heavy atom. The molecule has 25 heavy (non-hydrogen) atoms. The fraction of sp³-hybridized carbons (Fsp3) is 0.176. The monoisotopic (exact) mass is 376 g/mol. The lowest BCUT2D eigenvalue weighted by Crippen LogP contribution is -2.17. The van der Waals surface area contributed by atoms with Crippen LogP contribution in [-0.4, -0.2) is 19.3 Å². The van der Waals surface area contributed by atoms with Gasteiger partial charge in [0.1, 0.15) is 10.6 Å². The van der Waals surface area contributed by atoms with Gasteiger partial charge in [0.25, 0.3) is 0 Å². The lowest BCUT2D eigenvalue weighted by Gasteiger charge is -2.06. The predicted molar refractivity (Wildman–Crippen MR) is 97.3 cm³/mol. The van der Waals surface area contributed by atoms with Gasteiger partial charge >= 0.3 is 10.1 Å². The smallest absolute Gasteiger partial charge is 0.339 e. The summed E-state index contributed by atoms with van der Waals surface area (Å²) in [6.07, 6.45) is 0. The molecule has 0 aliphatic rings. The third-order valence-electron chi connectivity index (χ3n) is 3.35. The first kappa shape index (κ1) is 17.4. The Morgan fingerprint density at radius 1 is 1.16 bits per heavy atom. The summed E-state index contributed by atoms with van der Waals surface area (Å²) in [5.74, 6) is -0.0779. The van der Waals surface area contributed by atoms with Gasteiger partial charge in [-0.1, -0.05) is 43.4 Å². The minimum Gasteiger partial charge on any atom is -0.379 e. The van der Waals surface area contributed by atoms with Crippen LogP contribution in [0.5, 0.6) is 5.75 Å². The van der Waals surface area contributed by atoms with Crippen LogP contribution >= 0.6 is 11.3 Å². The summed E-state index contributed by atoms with van der Waals surface area (Å²) in [4.78, 5) is 16.2. The molecule has 1 heterocycles. The summed E-state index contributed by atoms with van der Waals surface area (Å²) in [7, 11) is -3.89. The predicted octanol–water partition coefficient (Wildman–Crippen LogP) is 3.66. The van der Waals surface area contributed by atoms with Crippen molar-refractivity contribution >= 4 is 42.7 Å². The average Bonchev–Trinajstić information content (AvgIpc) is 2.96. The van der Waals surface area contributed by atoms with Crippen molar-refractivity contribution < 1.29 is 17.4 Å². The number of rotatable bonds is 5. The highest BCUT2D eigenvalue weighted by atomic mass is 32.2. The van der Waals surface area contributed by atoms with Gasteiger partial charge < -0.3 is 9.50 Å². The Kier molecular flexibility index (Phi) is 4.73. The maximum Gasteiger partial charge on any atom is 0.339 e. The summed E-state index contributed by atoms with van der Waals surface area (Å²) in [6, 6.07) is 12.7. The fourth-order valence-electron chi connectivity index (χ4n) is 2.02. The lowest BCUT2D eigenvalue weighted by atomic mass is 10.2. The molecule has 2 aromatic carbocycles. The Hall–Kier alpha value is -2.45. The van der Waals surface area contributed by atoms with Crippen LogP contribution in [0.2, 0.25) is 0 Å². The molecule has 8 heteroatoms. The first-order valence-corrected chi connectivity index (χ1v) is 9.78. The number of hydrogen-bond donors (Lipinski definition) is 1. The molecule has 0 fully saturated rings. The van der Waals surface area contributed by atoms with Gasteiger partial charge in [0.15, 0.2) is 5.13 Å². The molecule has 0 aliphatic heterocycles. The minimum absolute atomic E-state index is 0.0873. The van der Waals surface area contributed by atoms with E-state index in [0.29, 0.717) is 10.6 Å². The Morgan fingerprint density at radius 3 is 2.56 bits per heavy atom. The number of benzene rings is 2. The molecule has 0 aliphatic carbocycles. The zero-order chi connectivity index (χ0) is 18.0. The summed E-state index contributed by atoms with van der Waals surface area (Å²) >= 11 is 1.26. The van der Waals surface area contributed by atoms with Crippen molar-refractivity contribution in [3.05, 3.63) is 48.5 Å². The van der Waals surface area contributed by atoms with Gasteiger partial charge in [-0.25, -0.2) is 4.98 Å². The molecule has 130 valence electrons. The number of thiazole rings is 1. The second kappa shape index (κ2) is 6.81. The quantitative estimate of drug-likeness (QED) is 0.687. The van der Waals surface area contributed by atoms with Gasteiger partial charge in [-0.05, 0) is 24.3 Å². The highest BCUT2D eigenvalue weighted by molar-refractivity contribution is 7.87. The maximum atomic E-state index is 12.3. The topological polar surface area (TPSA) is 85.4 Å². The van der Waals surface area contributed by atoms with Gasteiger partial charge in [0.2, 0.25) is 5.91 Å². The Bertz CT molecular complexity index is 1010. The minimum atomic E-state index is -3.89. The van der Waals surface area contributed by atoms with E-state index >= 15 is 0 Å². The molecule has 0 bridgehead atoms. The van der Waals surface area contributed by atoms with Crippen LogP contribution in [0.15, 0.2) is 53.4 Å². The number of amides is 1. The van der Waals surface area contributed by atoms with E-state index in [0.717, 1.165) is 4.70 Å². The van der Waals surface area contributed by atoms with E-state index in [1.165, 1.54) is 29.5 Å². The number of fused-ring (bicyclic) bond motifs is 1. The molecule has 1 N–H and O–H groups in total. The molecule has 0 unspecified atom stereocenters. The summed E-state index contributed by atoms with van der Waals surface area (Å²) in [5, 5.41) is 3.20. The van der Waals surface area contributed by atoms with E-state index in [-0.39, 0.29) is 22.5 Å². The molecule has 6 nitrogen and oxygen atoms in total. The molecule has 3 aromatic rings. The number of carbonyl (C=O) groups excluding carboxylic acids is 1. The third kappa shape index (κ3) is 3.97. The van der Waals surface area contributed by atoms with Gasteiger partial charge in [0.05, 0.1) is 10.2 Å². The molecule has 0 saturated heterocycles. The standard InChI is InChI=1S/C17H16N2O4S2/c1-11(2)16(20)19-17-18-14-9-8-12(10-15(14)24-17)23-25(21,22)13-6-4-3-5-7-13/h3-11H,1-2H3,(H,18,19,20). The van der Waals surface area contributed by atoms with Crippen LogP contribution in [0.25, 0.3) is 10.2 Å². The van der Waals surface area contributed by atoms with Crippen molar-refractivity contribution in [1.82, 2.24) is 4.98 Å². The van der Waals surface area contributed by atoms with Crippen LogP contribution in [-0.2, 0) is 14.9 Å². The zero-order valence-corrected chi connectivity index (χ0v) is 15.2. The largest absolute Gasteiger partial charge is 0.379 e. The normalized spacial score (nSPS) is 11.6. The Balaban J connectivity index is 1.85. The van der Waals surface area contributed by atoms with E-state index in [2.05, 4.69) is 10.3 Å². The molecular weight excluding hydrogens is 360 g/mol. The number of anilines is 1. The zero-order valence-electron chi connectivity index (χ0n) is 13.6. The van der Waals surface area contributed by atoms with Crippen LogP contribution in [0.1, 0.15) is 13.8 Å². The second-order valence-corrected chi connectivity index (χ2v) is 8.22. The molecule has 0 radical (unpaired) electrons. The first-order valence-electron chi connectivity index (χ1n) is 7.56. The van der Waals surface area contributed by atoms with Crippen LogP contribution in [0.3, 0.4) is 0 Å². The van der Waals surface area contributed by atoms with E-state index in [4.69, 9.17) is 4.18 Å². The number of aromatic nitrogens is 1. The summed E-state index contributed by atoms with van der Waals surface area (Å²) in [6.45, 7) is 3.59. The number of nitrogens with one attached hydrogen (secondary N) is 1. The molecule has 0 atom stereocenters. The average molecular weight is 376 g/mol. The number of nitrogens with zero attached hydrogens (tertiary/aromatic N) is 1. The molecule has 3 rings (SSSR count). The van der Waals surface area contributed by atoms with Gasteiger partial charge in [-0.3, -0.25) is 4.79 Å². The van der Waals surface area contributed by atoms with Gasteiger partial charge in [-0.15, -0.1) is 0 Å². The van der Waals surface area contributed by atoms with Gasteiger partial charge in [0, 0.05) is 12.0 Å². The van der Waals surface area contributed by atoms with Crippen molar-refractivity contribution in [1.29, 1.82) is 0 Å². The van der Waals surface area contributed by atoms with Gasteiger partial charge in [-0.2, -0.15) is 8.42 Å². The number of carbonyl (C=O) groups is 1. The van der Waals surface area contributed by atoms with E-state index in [9.17, 15) is 13.2 Å². The van der Waals surface area contributed by atoms with Crippen LogP contribution in [0, 0.1) is 5.92 Å². The van der Waals surface area contributed by atoms with E-state index in [1.807, 2.05) is 0 Å². The van der Waals surface area contributed by atoms with E-state index < -0.39 is 10.1 Å². The van der Waals surface area contributed by atoms with Crippen molar-refractivity contribution in [2.75, 3.05) is 5.32 Å². The SMILES string of the molecule is CC(C)C(=O)Nc1nc2ccc(OS(=O)(=O)c3ccccc3)cc2s1. The highest BCUT2D eigenvalue weighted by Gasteiger charge is 2.17.